The first kappa shape index (κ1) is 25.7. The maximum Gasteiger partial charge on any atom is 0.412 e. The van der Waals surface area contributed by atoms with Gasteiger partial charge in [0, 0.05) is 25.0 Å². The molecule has 0 aliphatic carbocycles. The smallest absolute Gasteiger partial charge is 0.412 e. The van der Waals surface area contributed by atoms with Crippen LogP contribution in [0.15, 0.2) is 53.7 Å². The first-order chi connectivity index (χ1) is 13.9. The zero-order valence-corrected chi connectivity index (χ0v) is 20.4. The molecule has 0 bridgehead atoms. The number of halogens is 1. The molecule has 0 saturated carbocycles. The summed E-state index contributed by atoms with van der Waals surface area (Å²) in [7, 11) is 0. The van der Waals surface area contributed by atoms with Gasteiger partial charge in [-0.1, -0.05) is 18.2 Å². The number of aromatic nitrogens is 1. The maximum atomic E-state index is 11.8. The summed E-state index contributed by atoms with van der Waals surface area (Å²) < 4.78 is 5.26. The van der Waals surface area contributed by atoms with Gasteiger partial charge in [0.15, 0.2) is 5.96 Å². The van der Waals surface area contributed by atoms with Crippen LogP contribution in [-0.4, -0.2) is 35.7 Å². The fourth-order valence-corrected chi connectivity index (χ4v) is 2.49. The lowest BCUT2D eigenvalue weighted by molar-refractivity contribution is 0.0636. The molecule has 8 heteroatoms. The number of rotatable bonds is 7. The van der Waals surface area contributed by atoms with Crippen LogP contribution >= 0.6 is 24.0 Å². The lowest BCUT2D eigenvalue weighted by Crippen LogP contribution is -2.38. The van der Waals surface area contributed by atoms with E-state index in [9.17, 15) is 4.79 Å². The third kappa shape index (κ3) is 10.4. The van der Waals surface area contributed by atoms with Crippen molar-refractivity contribution in [2.75, 3.05) is 18.4 Å². The van der Waals surface area contributed by atoms with Crippen LogP contribution in [0.2, 0.25) is 0 Å². The van der Waals surface area contributed by atoms with E-state index in [4.69, 9.17) is 4.74 Å². The van der Waals surface area contributed by atoms with E-state index in [0.717, 1.165) is 36.7 Å². The standard InChI is InChI=1S/C22H31N5O2.HI/c1-5-23-20(26-16-19-8-6-7-14-24-19)25-15-13-17-9-11-18(12-10-17)27-21(28)29-22(2,3)4;/h6-12,14H,5,13,15-16H2,1-4H3,(H,27,28)(H2,23,25,26);1H. The van der Waals surface area contributed by atoms with E-state index >= 15 is 0 Å². The highest BCUT2D eigenvalue weighted by Crippen LogP contribution is 2.13. The highest BCUT2D eigenvalue weighted by atomic mass is 127. The van der Waals surface area contributed by atoms with Crippen LogP contribution in [0, 0.1) is 0 Å². The Labute approximate surface area is 196 Å². The minimum atomic E-state index is -0.516. The quantitative estimate of drug-likeness (QED) is 0.285. The molecular weight excluding hydrogens is 493 g/mol. The van der Waals surface area contributed by atoms with Gasteiger partial charge in [0.2, 0.25) is 0 Å². The Bertz CT molecular complexity index is 789. The van der Waals surface area contributed by atoms with Crippen LogP contribution in [-0.2, 0) is 17.7 Å². The number of anilines is 1. The molecule has 0 fully saturated rings. The van der Waals surface area contributed by atoms with Gasteiger partial charge in [-0.05, 0) is 63.9 Å². The van der Waals surface area contributed by atoms with Crippen LogP contribution in [0.25, 0.3) is 0 Å². The Kier molecular flexibility index (Phi) is 11.2. The molecule has 1 aromatic carbocycles. The molecule has 0 saturated heterocycles. The predicted octanol–water partition coefficient (Wildman–Crippen LogP) is 4.34. The van der Waals surface area contributed by atoms with Crippen LogP contribution < -0.4 is 16.0 Å². The lowest BCUT2D eigenvalue weighted by Gasteiger charge is -2.19. The van der Waals surface area contributed by atoms with E-state index in [0.29, 0.717) is 12.2 Å². The van der Waals surface area contributed by atoms with E-state index in [1.165, 1.54) is 0 Å². The third-order valence-corrected chi connectivity index (χ3v) is 3.77. The molecule has 30 heavy (non-hydrogen) atoms. The second kappa shape index (κ2) is 13.0. The first-order valence-corrected chi connectivity index (χ1v) is 9.87. The van der Waals surface area contributed by atoms with Crippen molar-refractivity contribution in [3.8, 4) is 0 Å². The molecule has 1 aromatic heterocycles. The number of nitrogens with one attached hydrogen (secondary N) is 3. The van der Waals surface area contributed by atoms with Crippen LogP contribution in [0.4, 0.5) is 10.5 Å². The molecule has 1 heterocycles. The fourth-order valence-electron chi connectivity index (χ4n) is 2.49. The van der Waals surface area contributed by atoms with Crippen LogP contribution in [0.5, 0.6) is 0 Å². The predicted molar refractivity (Wildman–Crippen MR) is 132 cm³/mol. The molecule has 0 aliphatic heterocycles. The summed E-state index contributed by atoms with van der Waals surface area (Å²) in [6.45, 7) is 9.61. The number of benzene rings is 1. The van der Waals surface area contributed by atoms with Crippen molar-refractivity contribution < 1.29 is 9.53 Å². The minimum absolute atomic E-state index is 0. The molecule has 0 aliphatic rings. The Hall–Kier alpha value is -2.36. The number of hydrogen-bond acceptors (Lipinski definition) is 4. The molecule has 1 amide bonds. The molecule has 0 spiro atoms. The number of amides is 1. The Morgan fingerprint density at radius 3 is 2.43 bits per heavy atom. The van der Waals surface area contributed by atoms with Crippen molar-refractivity contribution in [2.24, 2.45) is 4.99 Å². The SMILES string of the molecule is CCNC(=NCc1ccccn1)NCCc1ccc(NC(=O)OC(C)(C)C)cc1.I. The van der Waals surface area contributed by atoms with Gasteiger partial charge in [-0.25, -0.2) is 9.79 Å². The topological polar surface area (TPSA) is 87.6 Å². The van der Waals surface area contributed by atoms with Gasteiger partial charge >= 0.3 is 6.09 Å². The van der Waals surface area contributed by atoms with Crippen molar-refractivity contribution >= 4 is 41.7 Å². The summed E-state index contributed by atoms with van der Waals surface area (Å²) in [6.07, 6.45) is 2.15. The summed E-state index contributed by atoms with van der Waals surface area (Å²) >= 11 is 0. The van der Waals surface area contributed by atoms with Crippen molar-refractivity contribution in [3.63, 3.8) is 0 Å². The van der Waals surface area contributed by atoms with Crippen LogP contribution in [0.1, 0.15) is 39.0 Å². The lowest BCUT2D eigenvalue weighted by atomic mass is 10.1. The highest BCUT2D eigenvalue weighted by molar-refractivity contribution is 14.0. The summed E-state index contributed by atoms with van der Waals surface area (Å²) in [5.74, 6) is 0.765. The number of hydrogen-bond donors (Lipinski definition) is 3. The Morgan fingerprint density at radius 1 is 1.10 bits per heavy atom. The number of ether oxygens (including phenoxy) is 1. The average Bonchev–Trinajstić information content (AvgIpc) is 2.67. The van der Waals surface area contributed by atoms with Gasteiger partial charge in [-0.15, -0.1) is 24.0 Å². The van der Waals surface area contributed by atoms with Crippen molar-refractivity contribution in [3.05, 3.63) is 59.9 Å². The van der Waals surface area contributed by atoms with E-state index in [2.05, 4.69) is 25.9 Å². The molecule has 164 valence electrons. The molecule has 3 N–H and O–H groups in total. The number of guanidine groups is 1. The summed E-state index contributed by atoms with van der Waals surface area (Å²) in [4.78, 5) is 20.7. The normalized spacial score (nSPS) is 11.3. The summed E-state index contributed by atoms with van der Waals surface area (Å²) in [5.41, 5.74) is 2.28. The van der Waals surface area contributed by atoms with Crippen molar-refractivity contribution in [1.82, 2.24) is 15.6 Å². The first-order valence-electron chi connectivity index (χ1n) is 9.87. The summed E-state index contributed by atoms with van der Waals surface area (Å²) in [6, 6.07) is 13.5. The van der Waals surface area contributed by atoms with Gasteiger partial charge in [0.05, 0.1) is 12.2 Å². The monoisotopic (exact) mass is 525 g/mol. The van der Waals surface area contributed by atoms with E-state index in [1.807, 2.05) is 70.2 Å². The van der Waals surface area contributed by atoms with Crippen molar-refractivity contribution in [2.45, 2.75) is 46.3 Å². The molecule has 2 aromatic rings. The molecular formula is C22H32IN5O2. The number of nitrogens with zero attached hydrogens (tertiary/aromatic N) is 2. The second-order valence-electron chi connectivity index (χ2n) is 7.52. The zero-order valence-electron chi connectivity index (χ0n) is 18.1. The Balaban J connectivity index is 0.00000450. The van der Waals surface area contributed by atoms with Gasteiger partial charge in [0.25, 0.3) is 0 Å². The molecule has 2 rings (SSSR count). The fraction of sp³-hybridized carbons (Fsp3) is 0.409. The Morgan fingerprint density at radius 2 is 1.83 bits per heavy atom. The molecule has 0 unspecified atom stereocenters. The second-order valence-corrected chi connectivity index (χ2v) is 7.52. The third-order valence-electron chi connectivity index (χ3n) is 3.77. The molecule has 0 radical (unpaired) electrons. The van der Waals surface area contributed by atoms with Crippen LogP contribution in [0.3, 0.4) is 0 Å². The highest BCUT2D eigenvalue weighted by Gasteiger charge is 2.16. The summed E-state index contributed by atoms with van der Waals surface area (Å²) in [5, 5.41) is 9.31. The number of carbonyl (C=O) groups is 1. The number of pyridine rings is 1. The minimum Gasteiger partial charge on any atom is -0.444 e. The zero-order chi connectivity index (χ0) is 21.1. The van der Waals surface area contributed by atoms with Gasteiger partial charge in [-0.3, -0.25) is 10.3 Å². The molecule has 7 nitrogen and oxygen atoms in total. The van der Waals surface area contributed by atoms with E-state index in [-0.39, 0.29) is 24.0 Å². The van der Waals surface area contributed by atoms with Gasteiger partial charge in [0.1, 0.15) is 5.60 Å². The number of aliphatic imine (C=N–C) groups is 1. The number of carbonyl (C=O) groups excluding carboxylic acids is 1. The molecule has 0 atom stereocenters. The van der Waals surface area contributed by atoms with E-state index < -0.39 is 11.7 Å². The average molecular weight is 525 g/mol. The van der Waals surface area contributed by atoms with Gasteiger partial charge < -0.3 is 15.4 Å². The maximum absolute atomic E-state index is 11.8. The largest absolute Gasteiger partial charge is 0.444 e. The van der Waals surface area contributed by atoms with Gasteiger partial charge in [-0.2, -0.15) is 0 Å². The van der Waals surface area contributed by atoms with Crippen molar-refractivity contribution in [1.29, 1.82) is 0 Å². The van der Waals surface area contributed by atoms with E-state index in [1.54, 1.807) is 6.20 Å².